The van der Waals surface area contributed by atoms with Crippen LogP contribution in [0.15, 0.2) is 48.5 Å². The molecule has 2 aromatic carbocycles. The standard InChI is InChI=1S/C25H28ClN3O/c1-3-18-10-7-8-11-21(18)28(4-2)25(30)23-22-12-6-5-9-17-29(22)24(27-23)19-13-15-20(26)16-14-19/h7-8,10-11,13-16H,3-6,9,12,17H2,1-2H3. The zero-order chi connectivity index (χ0) is 21.1. The van der Waals surface area contributed by atoms with Crippen LogP contribution in [0.25, 0.3) is 11.4 Å². The van der Waals surface area contributed by atoms with Crippen molar-refractivity contribution >= 4 is 23.2 Å². The van der Waals surface area contributed by atoms with Crippen LogP contribution in [-0.2, 0) is 19.4 Å². The molecule has 0 fully saturated rings. The maximum atomic E-state index is 13.8. The van der Waals surface area contributed by atoms with Crippen molar-refractivity contribution in [2.75, 3.05) is 11.4 Å². The minimum absolute atomic E-state index is 0.00994. The van der Waals surface area contributed by atoms with E-state index in [9.17, 15) is 4.79 Å². The number of fused-ring (bicyclic) bond motifs is 1. The first kappa shape index (κ1) is 20.7. The van der Waals surface area contributed by atoms with E-state index >= 15 is 0 Å². The summed E-state index contributed by atoms with van der Waals surface area (Å²) in [6, 6.07) is 15.9. The highest BCUT2D eigenvalue weighted by Crippen LogP contribution is 2.30. The Labute approximate surface area is 183 Å². The first-order valence-electron chi connectivity index (χ1n) is 10.9. The number of aromatic nitrogens is 2. The molecule has 30 heavy (non-hydrogen) atoms. The molecule has 0 spiro atoms. The molecule has 0 N–H and O–H groups in total. The van der Waals surface area contributed by atoms with Gasteiger partial charge < -0.3 is 9.47 Å². The van der Waals surface area contributed by atoms with Crippen LogP contribution in [0.4, 0.5) is 5.69 Å². The van der Waals surface area contributed by atoms with Crippen molar-refractivity contribution in [1.29, 1.82) is 0 Å². The number of hydrogen-bond donors (Lipinski definition) is 0. The molecule has 1 amide bonds. The Morgan fingerprint density at radius 3 is 2.57 bits per heavy atom. The molecule has 1 aliphatic rings. The van der Waals surface area contributed by atoms with Crippen LogP contribution in [-0.4, -0.2) is 22.0 Å². The lowest BCUT2D eigenvalue weighted by atomic mass is 10.1. The third kappa shape index (κ3) is 3.89. The van der Waals surface area contributed by atoms with Crippen LogP contribution in [0.2, 0.25) is 5.02 Å². The summed E-state index contributed by atoms with van der Waals surface area (Å²) in [7, 11) is 0. The summed E-state index contributed by atoms with van der Waals surface area (Å²) in [5, 5.41) is 0.700. The summed E-state index contributed by atoms with van der Waals surface area (Å²) in [5.41, 5.74) is 4.81. The van der Waals surface area contributed by atoms with E-state index in [2.05, 4.69) is 17.6 Å². The SMILES string of the molecule is CCc1ccccc1N(CC)C(=O)c1nc(-c2ccc(Cl)cc2)n2c1CCCCC2. The van der Waals surface area contributed by atoms with E-state index in [1.54, 1.807) is 0 Å². The molecule has 3 aromatic rings. The summed E-state index contributed by atoms with van der Waals surface area (Å²) in [5.74, 6) is 0.857. The quantitative estimate of drug-likeness (QED) is 0.494. The summed E-state index contributed by atoms with van der Waals surface area (Å²) in [4.78, 5) is 20.5. The number of hydrogen-bond acceptors (Lipinski definition) is 2. The fraction of sp³-hybridized carbons (Fsp3) is 0.360. The first-order chi connectivity index (χ1) is 14.6. The molecular formula is C25H28ClN3O. The van der Waals surface area contributed by atoms with Crippen LogP contribution in [0.3, 0.4) is 0 Å². The Morgan fingerprint density at radius 2 is 1.83 bits per heavy atom. The van der Waals surface area contributed by atoms with Crippen LogP contribution >= 0.6 is 11.6 Å². The molecule has 1 aliphatic heterocycles. The molecule has 0 atom stereocenters. The van der Waals surface area contributed by atoms with E-state index in [0.717, 1.165) is 55.0 Å². The largest absolute Gasteiger partial charge is 0.327 e. The van der Waals surface area contributed by atoms with E-state index in [-0.39, 0.29) is 5.91 Å². The Bertz CT molecular complexity index is 1040. The van der Waals surface area contributed by atoms with Crippen molar-refractivity contribution in [3.05, 3.63) is 70.5 Å². The highest BCUT2D eigenvalue weighted by Gasteiger charge is 2.28. The number of anilines is 1. The number of aryl methyl sites for hydroxylation is 1. The first-order valence-corrected chi connectivity index (χ1v) is 11.3. The van der Waals surface area contributed by atoms with E-state index in [0.29, 0.717) is 17.3 Å². The highest BCUT2D eigenvalue weighted by molar-refractivity contribution is 6.30. The van der Waals surface area contributed by atoms with Crippen molar-refractivity contribution in [2.45, 2.75) is 52.5 Å². The van der Waals surface area contributed by atoms with Crippen molar-refractivity contribution in [3.63, 3.8) is 0 Å². The molecule has 5 heteroatoms. The second kappa shape index (κ2) is 9.05. The number of carbonyl (C=O) groups is 1. The lowest BCUT2D eigenvalue weighted by Crippen LogP contribution is -2.32. The summed E-state index contributed by atoms with van der Waals surface area (Å²) >= 11 is 6.09. The predicted octanol–water partition coefficient (Wildman–Crippen LogP) is 6.16. The topological polar surface area (TPSA) is 38.1 Å². The third-order valence-corrected chi connectivity index (χ3v) is 6.15. The molecule has 0 aliphatic carbocycles. The third-order valence-electron chi connectivity index (χ3n) is 5.90. The average molecular weight is 422 g/mol. The van der Waals surface area contributed by atoms with Gasteiger partial charge >= 0.3 is 0 Å². The van der Waals surface area contributed by atoms with Crippen molar-refractivity contribution in [1.82, 2.24) is 9.55 Å². The Morgan fingerprint density at radius 1 is 1.07 bits per heavy atom. The van der Waals surface area contributed by atoms with Gasteiger partial charge in [-0.2, -0.15) is 0 Å². The van der Waals surface area contributed by atoms with Crippen molar-refractivity contribution in [2.24, 2.45) is 0 Å². The van der Waals surface area contributed by atoms with Gasteiger partial charge in [-0.1, -0.05) is 43.1 Å². The van der Waals surface area contributed by atoms with E-state index < -0.39 is 0 Å². The zero-order valence-corrected chi connectivity index (χ0v) is 18.5. The van der Waals surface area contributed by atoms with E-state index in [1.165, 1.54) is 12.0 Å². The molecule has 0 saturated heterocycles. The molecule has 156 valence electrons. The minimum Gasteiger partial charge on any atom is -0.327 e. The van der Waals surface area contributed by atoms with Gasteiger partial charge in [0.2, 0.25) is 0 Å². The number of rotatable bonds is 5. The zero-order valence-electron chi connectivity index (χ0n) is 17.7. The van der Waals surface area contributed by atoms with Crippen LogP contribution in [0.1, 0.15) is 54.9 Å². The molecule has 0 bridgehead atoms. The van der Waals surface area contributed by atoms with Gasteiger partial charge in [0.15, 0.2) is 5.69 Å². The number of nitrogens with zero attached hydrogens (tertiary/aromatic N) is 3. The van der Waals surface area contributed by atoms with Gasteiger partial charge in [0.05, 0.1) is 5.69 Å². The molecule has 1 aromatic heterocycles. The Kier molecular flexibility index (Phi) is 6.24. The van der Waals surface area contributed by atoms with Crippen LogP contribution in [0, 0.1) is 0 Å². The Hall–Kier alpha value is -2.59. The fourth-order valence-corrected chi connectivity index (χ4v) is 4.46. The maximum absolute atomic E-state index is 13.8. The van der Waals surface area contributed by atoms with E-state index in [4.69, 9.17) is 16.6 Å². The van der Waals surface area contributed by atoms with Gasteiger partial charge in [0.1, 0.15) is 5.82 Å². The van der Waals surface area contributed by atoms with Crippen LogP contribution < -0.4 is 4.90 Å². The van der Waals surface area contributed by atoms with Gasteiger partial charge in [0, 0.05) is 29.4 Å². The predicted molar refractivity (Wildman–Crippen MR) is 123 cm³/mol. The summed E-state index contributed by atoms with van der Waals surface area (Å²) < 4.78 is 2.25. The second-order valence-electron chi connectivity index (χ2n) is 7.73. The average Bonchev–Trinajstić information content (AvgIpc) is 2.96. The molecule has 4 rings (SSSR count). The van der Waals surface area contributed by atoms with Gasteiger partial charge in [0.25, 0.3) is 5.91 Å². The molecular weight excluding hydrogens is 394 g/mol. The second-order valence-corrected chi connectivity index (χ2v) is 8.17. The number of imidazole rings is 1. The molecule has 0 saturated carbocycles. The normalized spacial score (nSPS) is 13.6. The molecule has 0 unspecified atom stereocenters. The monoisotopic (exact) mass is 421 g/mol. The molecule has 0 radical (unpaired) electrons. The summed E-state index contributed by atoms with van der Waals surface area (Å²) in [6.45, 7) is 5.65. The van der Waals surface area contributed by atoms with Gasteiger partial charge in [-0.3, -0.25) is 4.79 Å². The number of amides is 1. The van der Waals surface area contributed by atoms with Crippen LogP contribution in [0.5, 0.6) is 0 Å². The number of carbonyl (C=O) groups excluding carboxylic acids is 1. The van der Waals surface area contributed by atoms with Gasteiger partial charge in [-0.25, -0.2) is 4.98 Å². The van der Waals surface area contributed by atoms with Crippen molar-refractivity contribution in [3.8, 4) is 11.4 Å². The Balaban J connectivity index is 1.81. The van der Waals surface area contributed by atoms with Crippen molar-refractivity contribution < 1.29 is 4.79 Å². The smallest absolute Gasteiger partial charge is 0.278 e. The summed E-state index contributed by atoms with van der Waals surface area (Å²) in [6.07, 6.45) is 5.13. The maximum Gasteiger partial charge on any atom is 0.278 e. The molecule has 4 nitrogen and oxygen atoms in total. The number of halogens is 1. The van der Waals surface area contributed by atoms with Gasteiger partial charge in [-0.15, -0.1) is 0 Å². The number of para-hydroxylation sites is 1. The van der Waals surface area contributed by atoms with E-state index in [1.807, 2.05) is 54.3 Å². The van der Waals surface area contributed by atoms with Gasteiger partial charge in [-0.05, 0) is 68.5 Å². The highest BCUT2D eigenvalue weighted by atomic mass is 35.5. The minimum atomic E-state index is -0.00994. The lowest BCUT2D eigenvalue weighted by Gasteiger charge is -2.23. The lowest BCUT2D eigenvalue weighted by molar-refractivity contribution is 0.0982. The fourth-order valence-electron chi connectivity index (χ4n) is 4.33. The number of benzene rings is 2. The molecule has 2 heterocycles.